The zero-order valence-corrected chi connectivity index (χ0v) is 12.0. The standard InChI is InChI=1S/C15H24N4/c1-11-5-12(2)10-19(9-11)15-8-16-6-14(18-15)7-17-13-3-4-13/h6,8,11-13,17H,3-5,7,9-10H2,1-2H3. The monoisotopic (exact) mass is 260 g/mol. The topological polar surface area (TPSA) is 41.1 Å². The molecule has 1 aliphatic heterocycles. The molecule has 1 aromatic heterocycles. The summed E-state index contributed by atoms with van der Waals surface area (Å²) in [6, 6.07) is 0.723. The summed E-state index contributed by atoms with van der Waals surface area (Å²) >= 11 is 0. The van der Waals surface area contributed by atoms with Gasteiger partial charge in [-0.3, -0.25) is 4.98 Å². The van der Waals surface area contributed by atoms with Crippen LogP contribution in [0.5, 0.6) is 0 Å². The minimum absolute atomic E-state index is 0.723. The second kappa shape index (κ2) is 5.45. The van der Waals surface area contributed by atoms with Crippen molar-refractivity contribution in [1.29, 1.82) is 0 Å². The first kappa shape index (κ1) is 12.9. The molecule has 1 N–H and O–H groups in total. The average Bonchev–Trinajstić information content (AvgIpc) is 3.20. The Morgan fingerprint density at radius 3 is 2.63 bits per heavy atom. The molecule has 1 saturated heterocycles. The van der Waals surface area contributed by atoms with Gasteiger partial charge in [-0.15, -0.1) is 0 Å². The van der Waals surface area contributed by atoms with Gasteiger partial charge in [0.25, 0.3) is 0 Å². The SMILES string of the molecule is CC1CC(C)CN(c2cncc(CNC3CC3)n2)C1. The zero-order valence-electron chi connectivity index (χ0n) is 12.0. The summed E-state index contributed by atoms with van der Waals surface area (Å²) in [4.78, 5) is 11.5. The van der Waals surface area contributed by atoms with Crippen molar-refractivity contribution in [2.75, 3.05) is 18.0 Å². The van der Waals surface area contributed by atoms with E-state index >= 15 is 0 Å². The van der Waals surface area contributed by atoms with Crippen LogP contribution < -0.4 is 10.2 Å². The summed E-state index contributed by atoms with van der Waals surface area (Å²) in [5.74, 6) is 2.55. The Kier molecular flexibility index (Phi) is 3.69. The maximum Gasteiger partial charge on any atom is 0.147 e. The zero-order chi connectivity index (χ0) is 13.2. The highest BCUT2D eigenvalue weighted by Gasteiger charge is 2.23. The van der Waals surface area contributed by atoms with Gasteiger partial charge in [0.2, 0.25) is 0 Å². The maximum absolute atomic E-state index is 4.77. The number of hydrogen-bond acceptors (Lipinski definition) is 4. The number of piperidine rings is 1. The van der Waals surface area contributed by atoms with Gasteiger partial charge in [0, 0.05) is 31.9 Å². The molecule has 0 amide bonds. The quantitative estimate of drug-likeness (QED) is 0.901. The Bertz CT molecular complexity index is 420. The summed E-state index contributed by atoms with van der Waals surface area (Å²) in [6.07, 6.45) is 7.75. The predicted octanol–water partition coefficient (Wildman–Crippen LogP) is 2.21. The van der Waals surface area contributed by atoms with Crippen LogP contribution in [0.25, 0.3) is 0 Å². The Morgan fingerprint density at radius 2 is 1.95 bits per heavy atom. The molecule has 2 atom stereocenters. The average molecular weight is 260 g/mol. The molecule has 1 aromatic rings. The Hall–Kier alpha value is -1.16. The maximum atomic E-state index is 4.77. The van der Waals surface area contributed by atoms with Gasteiger partial charge >= 0.3 is 0 Å². The first-order valence-corrected chi connectivity index (χ1v) is 7.50. The van der Waals surface area contributed by atoms with Gasteiger partial charge in [0.05, 0.1) is 11.9 Å². The molecule has 0 radical (unpaired) electrons. The molecule has 4 nitrogen and oxygen atoms in total. The van der Waals surface area contributed by atoms with Crippen LogP contribution in [-0.4, -0.2) is 29.1 Å². The van der Waals surface area contributed by atoms with Gasteiger partial charge in [-0.05, 0) is 31.1 Å². The molecule has 3 rings (SSSR count). The Morgan fingerprint density at radius 1 is 1.21 bits per heavy atom. The van der Waals surface area contributed by atoms with Crippen molar-refractivity contribution in [2.45, 2.75) is 45.7 Å². The third-order valence-corrected chi connectivity index (χ3v) is 4.01. The molecule has 4 heteroatoms. The fourth-order valence-electron chi connectivity index (χ4n) is 3.02. The van der Waals surface area contributed by atoms with E-state index in [1.165, 1.54) is 19.3 Å². The first-order valence-electron chi connectivity index (χ1n) is 7.50. The van der Waals surface area contributed by atoms with Crippen molar-refractivity contribution in [2.24, 2.45) is 11.8 Å². The lowest BCUT2D eigenvalue weighted by molar-refractivity contribution is 0.355. The van der Waals surface area contributed by atoms with Gasteiger partial charge < -0.3 is 10.2 Å². The smallest absolute Gasteiger partial charge is 0.147 e. The van der Waals surface area contributed by atoms with E-state index in [0.29, 0.717) is 0 Å². The van der Waals surface area contributed by atoms with E-state index in [0.717, 1.165) is 49.0 Å². The van der Waals surface area contributed by atoms with E-state index in [1.54, 1.807) is 0 Å². The third kappa shape index (κ3) is 3.44. The number of nitrogens with zero attached hydrogens (tertiary/aromatic N) is 3. The van der Waals surface area contributed by atoms with E-state index in [9.17, 15) is 0 Å². The fourth-order valence-corrected chi connectivity index (χ4v) is 3.02. The molecule has 0 bridgehead atoms. The molecule has 0 spiro atoms. The fraction of sp³-hybridized carbons (Fsp3) is 0.733. The van der Waals surface area contributed by atoms with Crippen molar-refractivity contribution < 1.29 is 0 Å². The van der Waals surface area contributed by atoms with Gasteiger partial charge in [-0.1, -0.05) is 13.8 Å². The number of anilines is 1. The van der Waals surface area contributed by atoms with Crippen molar-refractivity contribution >= 4 is 5.82 Å². The number of nitrogens with one attached hydrogen (secondary N) is 1. The van der Waals surface area contributed by atoms with Crippen molar-refractivity contribution in [1.82, 2.24) is 15.3 Å². The van der Waals surface area contributed by atoms with E-state index in [-0.39, 0.29) is 0 Å². The van der Waals surface area contributed by atoms with E-state index in [4.69, 9.17) is 4.98 Å². The van der Waals surface area contributed by atoms with E-state index < -0.39 is 0 Å². The van der Waals surface area contributed by atoms with Crippen LogP contribution >= 0.6 is 0 Å². The molecule has 104 valence electrons. The number of aromatic nitrogens is 2. The van der Waals surface area contributed by atoms with Crippen LogP contribution in [0, 0.1) is 11.8 Å². The molecule has 2 aliphatic rings. The van der Waals surface area contributed by atoms with Crippen molar-refractivity contribution in [3.05, 3.63) is 18.1 Å². The second-order valence-corrected chi connectivity index (χ2v) is 6.37. The molecule has 19 heavy (non-hydrogen) atoms. The summed E-state index contributed by atoms with van der Waals surface area (Å²) in [6.45, 7) is 7.73. The minimum atomic E-state index is 0.723. The summed E-state index contributed by atoms with van der Waals surface area (Å²) in [5, 5.41) is 3.50. The van der Waals surface area contributed by atoms with Gasteiger partial charge in [-0.2, -0.15) is 0 Å². The molecule has 1 aliphatic carbocycles. The Labute approximate surface area is 115 Å². The van der Waals surface area contributed by atoms with Crippen LogP contribution in [0.1, 0.15) is 38.8 Å². The lowest BCUT2D eigenvalue weighted by Crippen LogP contribution is -2.39. The van der Waals surface area contributed by atoms with Crippen LogP contribution in [-0.2, 0) is 6.54 Å². The molecule has 0 aromatic carbocycles. The predicted molar refractivity (Wildman–Crippen MR) is 77.1 cm³/mol. The normalized spacial score (nSPS) is 27.6. The summed E-state index contributed by atoms with van der Waals surface area (Å²) < 4.78 is 0. The number of hydrogen-bond donors (Lipinski definition) is 1. The van der Waals surface area contributed by atoms with Crippen LogP contribution in [0.2, 0.25) is 0 Å². The van der Waals surface area contributed by atoms with Crippen molar-refractivity contribution in [3.8, 4) is 0 Å². The Balaban J connectivity index is 1.66. The third-order valence-electron chi connectivity index (χ3n) is 4.01. The molecule has 2 unspecified atom stereocenters. The molecule has 2 fully saturated rings. The van der Waals surface area contributed by atoms with E-state index in [2.05, 4.69) is 29.0 Å². The lowest BCUT2D eigenvalue weighted by Gasteiger charge is -2.35. The van der Waals surface area contributed by atoms with Crippen LogP contribution in [0.3, 0.4) is 0 Å². The highest BCUT2D eigenvalue weighted by molar-refractivity contribution is 5.37. The highest BCUT2D eigenvalue weighted by Crippen LogP contribution is 2.25. The molecule has 1 saturated carbocycles. The highest BCUT2D eigenvalue weighted by atomic mass is 15.2. The van der Waals surface area contributed by atoms with Crippen LogP contribution in [0.4, 0.5) is 5.82 Å². The summed E-state index contributed by atoms with van der Waals surface area (Å²) in [5.41, 5.74) is 1.07. The molecule has 2 heterocycles. The minimum Gasteiger partial charge on any atom is -0.355 e. The van der Waals surface area contributed by atoms with Gasteiger partial charge in [-0.25, -0.2) is 4.98 Å². The molecular weight excluding hydrogens is 236 g/mol. The second-order valence-electron chi connectivity index (χ2n) is 6.37. The van der Waals surface area contributed by atoms with Gasteiger partial charge in [0.15, 0.2) is 0 Å². The van der Waals surface area contributed by atoms with Gasteiger partial charge in [0.1, 0.15) is 5.82 Å². The summed E-state index contributed by atoms with van der Waals surface area (Å²) in [7, 11) is 0. The largest absolute Gasteiger partial charge is 0.355 e. The van der Waals surface area contributed by atoms with Crippen LogP contribution in [0.15, 0.2) is 12.4 Å². The number of rotatable bonds is 4. The molecular formula is C15H24N4. The van der Waals surface area contributed by atoms with Crippen molar-refractivity contribution in [3.63, 3.8) is 0 Å². The lowest BCUT2D eigenvalue weighted by atomic mass is 9.92. The van der Waals surface area contributed by atoms with E-state index in [1.807, 2.05) is 12.4 Å². The first-order chi connectivity index (χ1) is 9.20.